The van der Waals surface area contributed by atoms with Crippen LogP contribution in [0.15, 0.2) is 97.5 Å². The Morgan fingerprint density at radius 2 is 1.68 bits per heavy atom. The van der Waals surface area contributed by atoms with E-state index >= 15 is 0 Å². The van der Waals surface area contributed by atoms with Gasteiger partial charge in [-0.2, -0.15) is 12.1 Å². The molecule has 0 spiro atoms. The molecule has 7 heteroatoms. The first-order valence-corrected chi connectivity index (χ1v) is 11.6. The van der Waals surface area contributed by atoms with Crippen LogP contribution in [-0.4, -0.2) is 32.2 Å². The van der Waals surface area contributed by atoms with Crippen LogP contribution in [0.3, 0.4) is 0 Å². The van der Waals surface area contributed by atoms with E-state index in [-0.39, 0.29) is 21.1 Å². The number of ether oxygens (including phenoxy) is 1. The molecule has 37 heavy (non-hydrogen) atoms. The van der Waals surface area contributed by atoms with Gasteiger partial charge in [0.05, 0.1) is 0 Å². The zero-order valence-electron chi connectivity index (χ0n) is 19.7. The van der Waals surface area contributed by atoms with Gasteiger partial charge in [0, 0.05) is 35.5 Å². The first kappa shape index (κ1) is 23.1. The second kappa shape index (κ2) is 9.25. The average molecular weight is 661 g/mol. The topological polar surface area (TPSA) is 46.0 Å². The van der Waals surface area contributed by atoms with E-state index in [1.807, 2.05) is 83.1 Å². The molecule has 4 heterocycles. The SMILES string of the molecule is C[N+]1=C=[N+](c2[c-]c(Oc3[c-]c4c(cc3)c3ccccc3n4-c3ccccn3)ccc2)c2ccncc21.[Pt+2]. The van der Waals surface area contributed by atoms with Gasteiger partial charge in [0.1, 0.15) is 17.7 Å². The van der Waals surface area contributed by atoms with Crippen LogP contribution >= 0.6 is 0 Å². The fraction of sp³-hybridized carbons (Fsp3) is 0.0333. The van der Waals surface area contributed by atoms with E-state index in [4.69, 9.17) is 4.74 Å². The van der Waals surface area contributed by atoms with Crippen molar-refractivity contribution in [3.8, 4) is 17.3 Å². The van der Waals surface area contributed by atoms with Gasteiger partial charge in [0.25, 0.3) is 5.69 Å². The molecule has 0 bridgehead atoms. The molecule has 0 fully saturated rings. The molecule has 0 aliphatic carbocycles. The maximum atomic E-state index is 6.26. The van der Waals surface area contributed by atoms with Crippen molar-refractivity contribution >= 4 is 44.9 Å². The Hall–Kier alpha value is -4.37. The Morgan fingerprint density at radius 1 is 0.811 bits per heavy atom. The Balaban J connectivity index is 0.00000252. The number of hydrogen-bond acceptors (Lipinski definition) is 3. The van der Waals surface area contributed by atoms with Gasteiger partial charge in [0.15, 0.2) is 7.05 Å². The summed E-state index contributed by atoms with van der Waals surface area (Å²) in [6, 6.07) is 36.2. The molecule has 3 aromatic heterocycles. The molecule has 0 unspecified atom stereocenters. The summed E-state index contributed by atoms with van der Waals surface area (Å²) in [5.41, 5.74) is 4.79. The van der Waals surface area contributed by atoms with Gasteiger partial charge in [-0.3, -0.25) is 4.98 Å². The van der Waals surface area contributed by atoms with E-state index in [1.165, 1.54) is 0 Å². The molecule has 0 saturated carbocycles. The largest absolute Gasteiger partial charge is 2.00 e. The number of fused-ring (bicyclic) bond motifs is 4. The predicted molar refractivity (Wildman–Crippen MR) is 139 cm³/mol. The zero-order valence-corrected chi connectivity index (χ0v) is 22.0. The van der Waals surface area contributed by atoms with Crippen molar-refractivity contribution in [3.05, 3.63) is 110 Å². The number of hydrogen-bond donors (Lipinski definition) is 0. The summed E-state index contributed by atoms with van der Waals surface area (Å²) in [7, 11) is 1.95. The molecule has 6 aromatic rings. The molecule has 3 aromatic carbocycles. The standard InChI is InChI=1S/C30H19N5O.Pt/c1-33-20-34(27-14-16-31-19-29(27)33)21-7-6-8-22(17-21)36-23-12-13-25-24-9-2-3-10-26(24)35(28(25)18-23)30-11-4-5-15-32-30;/h2-16,19H,1H3;/q;+2. The minimum atomic E-state index is 0. The molecule has 0 amide bonds. The van der Waals surface area contributed by atoms with Crippen molar-refractivity contribution in [3.63, 3.8) is 0 Å². The van der Waals surface area contributed by atoms with Crippen molar-refractivity contribution in [2.75, 3.05) is 7.05 Å². The third-order valence-electron chi connectivity index (χ3n) is 6.28. The normalized spacial score (nSPS) is 12.1. The average Bonchev–Trinajstić information content (AvgIpc) is 3.44. The van der Waals surface area contributed by atoms with Crippen LogP contribution in [0.1, 0.15) is 0 Å². The number of para-hydroxylation sites is 1. The Morgan fingerprint density at radius 3 is 2.57 bits per heavy atom. The van der Waals surface area contributed by atoms with Crippen molar-refractivity contribution in [1.82, 2.24) is 19.1 Å². The van der Waals surface area contributed by atoms with Gasteiger partial charge in [-0.15, -0.1) is 23.6 Å². The van der Waals surface area contributed by atoms with Crippen molar-refractivity contribution in [1.29, 1.82) is 0 Å². The third kappa shape index (κ3) is 3.88. The number of rotatable bonds is 4. The summed E-state index contributed by atoms with van der Waals surface area (Å²) in [4.78, 5) is 8.81. The summed E-state index contributed by atoms with van der Waals surface area (Å²) in [5, 5.41) is 2.24. The molecule has 0 atom stereocenters. The molecular weight excluding hydrogens is 641 g/mol. The van der Waals surface area contributed by atoms with E-state index in [0.29, 0.717) is 11.5 Å². The third-order valence-corrected chi connectivity index (χ3v) is 6.28. The van der Waals surface area contributed by atoms with E-state index < -0.39 is 0 Å². The molecule has 0 N–H and O–H groups in total. The molecular formula is C30H19N5OPt+2. The number of nitrogens with zero attached hydrogens (tertiary/aromatic N) is 5. The van der Waals surface area contributed by atoms with Crippen LogP contribution in [0.4, 0.5) is 17.1 Å². The number of aromatic nitrogens is 3. The van der Waals surface area contributed by atoms with Crippen LogP contribution in [-0.2, 0) is 21.1 Å². The predicted octanol–water partition coefficient (Wildman–Crippen LogP) is 6.26. The summed E-state index contributed by atoms with van der Waals surface area (Å²) in [6.07, 6.45) is 5.40. The number of benzene rings is 3. The summed E-state index contributed by atoms with van der Waals surface area (Å²) < 4.78 is 12.3. The Labute approximate surface area is 227 Å². The maximum absolute atomic E-state index is 6.26. The molecule has 0 radical (unpaired) electrons. The van der Waals surface area contributed by atoms with E-state index in [9.17, 15) is 0 Å². The zero-order chi connectivity index (χ0) is 24.1. The van der Waals surface area contributed by atoms with Crippen LogP contribution in [0.2, 0.25) is 0 Å². The second-order valence-corrected chi connectivity index (χ2v) is 8.49. The van der Waals surface area contributed by atoms with Crippen LogP contribution in [0.5, 0.6) is 11.5 Å². The van der Waals surface area contributed by atoms with Gasteiger partial charge in [-0.1, -0.05) is 51.1 Å². The van der Waals surface area contributed by atoms with Gasteiger partial charge < -0.3 is 9.30 Å². The minimum absolute atomic E-state index is 0. The molecule has 6 nitrogen and oxygen atoms in total. The van der Waals surface area contributed by atoms with Crippen molar-refractivity contribution in [2.24, 2.45) is 0 Å². The van der Waals surface area contributed by atoms with Crippen LogP contribution in [0.25, 0.3) is 27.6 Å². The minimum Gasteiger partial charge on any atom is -0.509 e. The molecule has 1 aliphatic heterocycles. The van der Waals surface area contributed by atoms with Gasteiger partial charge >= 0.3 is 32.8 Å². The van der Waals surface area contributed by atoms with E-state index in [1.54, 1.807) is 12.4 Å². The molecule has 1 aliphatic rings. The fourth-order valence-electron chi connectivity index (χ4n) is 4.67. The number of pyridine rings is 2. The Bertz CT molecular complexity index is 1870. The monoisotopic (exact) mass is 660 g/mol. The summed E-state index contributed by atoms with van der Waals surface area (Å²) in [5.74, 6) is 2.03. The van der Waals surface area contributed by atoms with Crippen LogP contribution < -0.4 is 9.31 Å². The van der Waals surface area contributed by atoms with E-state index in [2.05, 4.69) is 50.9 Å². The van der Waals surface area contributed by atoms with Crippen molar-refractivity contribution < 1.29 is 30.4 Å². The van der Waals surface area contributed by atoms with Crippen LogP contribution in [0, 0.1) is 12.1 Å². The molecule has 7 rings (SSSR count). The summed E-state index contributed by atoms with van der Waals surface area (Å²) >= 11 is 0. The maximum Gasteiger partial charge on any atom is 2.00 e. The molecule has 0 saturated heterocycles. The van der Waals surface area contributed by atoms with Crippen molar-refractivity contribution in [2.45, 2.75) is 0 Å². The fourth-order valence-corrected chi connectivity index (χ4v) is 4.67. The quantitative estimate of drug-likeness (QED) is 0.166. The van der Waals surface area contributed by atoms with E-state index in [0.717, 1.165) is 44.7 Å². The van der Waals surface area contributed by atoms with Gasteiger partial charge in [0.2, 0.25) is 0 Å². The Kier molecular flexibility index (Phi) is 5.76. The first-order chi connectivity index (χ1) is 17.8. The molecule has 178 valence electrons. The van der Waals surface area contributed by atoms with Gasteiger partial charge in [-0.25, -0.2) is 4.98 Å². The smallest absolute Gasteiger partial charge is 0.509 e. The van der Waals surface area contributed by atoms with Gasteiger partial charge in [-0.05, 0) is 23.6 Å². The summed E-state index contributed by atoms with van der Waals surface area (Å²) in [6.45, 7) is 0. The first-order valence-electron chi connectivity index (χ1n) is 11.6. The second-order valence-electron chi connectivity index (χ2n) is 8.49.